The molecule has 1 amide bonds. The van der Waals surface area contributed by atoms with Crippen molar-refractivity contribution < 1.29 is 31.1 Å². The first-order valence-corrected chi connectivity index (χ1v) is 8.64. The minimum Gasteiger partial charge on any atom is -0.341 e. The highest BCUT2D eigenvalue weighted by Crippen LogP contribution is 2.56. The van der Waals surface area contributed by atoms with Crippen molar-refractivity contribution in [1.29, 1.82) is 0 Å². The lowest BCUT2D eigenvalue weighted by Crippen LogP contribution is -2.53. The molecular weight excluding hydrogens is 350 g/mol. The molecule has 3 nitrogen and oxygen atoms in total. The molecule has 0 aromatic heterocycles. The van der Waals surface area contributed by atoms with Gasteiger partial charge in [0.05, 0.1) is 0 Å². The molecule has 0 radical (unpaired) electrons. The number of nitrogens with two attached hydrogens (primary N) is 1. The van der Waals surface area contributed by atoms with E-state index in [-0.39, 0.29) is 17.9 Å². The highest BCUT2D eigenvalue weighted by Gasteiger charge is 2.73. The molecule has 3 rings (SSSR count). The number of likely N-dealkylation sites (tertiary alicyclic amines) is 1. The van der Waals surface area contributed by atoms with Gasteiger partial charge in [0, 0.05) is 25.0 Å². The minimum atomic E-state index is -5.42. The Labute approximate surface area is 141 Å². The smallest absolute Gasteiger partial charge is 0.341 e. The van der Waals surface area contributed by atoms with E-state index in [1.54, 1.807) is 0 Å². The number of fused-ring (bicyclic) bond motifs is 2. The van der Waals surface area contributed by atoms with E-state index in [2.05, 4.69) is 0 Å². The summed E-state index contributed by atoms with van der Waals surface area (Å²) in [7, 11) is 0. The van der Waals surface area contributed by atoms with E-state index in [1.807, 2.05) is 0 Å². The number of alkyl halides is 6. The molecule has 2 saturated carbocycles. The number of nitrogens with zero attached hydrogens (tertiary/aromatic N) is 1. The van der Waals surface area contributed by atoms with Gasteiger partial charge in [0.25, 0.3) is 0 Å². The van der Waals surface area contributed by atoms with Crippen LogP contribution in [0.4, 0.5) is 26.3 Å². The lowest BCUT2D eigenvalue weighted by Gasteiger charge is -2.44. The number of amides is 1. The van der Waals surface area contributed by atoms with Crippen molar-refractivity contribution in [3.63, 3.8) is 0 Å². The molecule has 3 aliphatic rings. The van der Waals surface area contributed by atoms with Gasteiger partial charge in [-0.1, -0.05) is 6.42 Å². The summed E-state index contributed by atoms with van der Waals surface area (Å²) in [6.07, 6.45) is -8.27. The fourth-order valence-electron chi connectivity index (χ4n) is 4.87. The Bertz CT molecular complexity index is 504. The number of rotatable bonds is 1. The van der Waals surface area contributed by atoms with Crippen LogP contribution in [0.1, 0.15) is 38.5 Å². The number of carbonyl (C=O) groups is 1. The van der Waals surface area contributed by atoms with Gasteiger partial charge in [-0.25, -0.2) is 0 Å². The van der Waals surface area contributed by atoms with Gasteiger partial charge >= 0.3 is 12.4 Å². The van der Waals surface area contributed by atoms with Gasteiger partial charge in [-0.05, 0) is 43.9 Å². The molecule has 2 N–H and O–H groups in total. The molecule has 0 spiro atoms. The Balaban J connectivity index is 1.74. The second-order valence-corrected chi connectivity index (χ2v) is 7.78. The van der Waals surface area contributed by atoms with Crippen LogP contribution in [0.5, 0.6) is 0 Å². The average molecular weight is 372 g/mol. The highest BCUT2D eigenvalue weighted by molar-refractivity contribution is 5.79. The molecule has 1 aliphatic heterocycles. The second-order valence-electron chi connectivity index (χ2n) is 7.78. The summed E-state index contributed by atoms with van der Waals surface area (Å²) in [5.41, 5.74) is 2.33. The molecule has 2 aliphatic carbocycles. The standard InChI is InChI=1S/C16H22F6N2O/c17-15(18,19)14(16(20,21)22)4-5-24(8-14)13(25)11-6-9-2-1-3-10(7-11)12(9)23/h9-12H,1-8,23H2. The van der Waals surface area contributed by atoms with Crippen LogP contribution in [-0.2, 0) is 4.79 Å². The van der Waals surface area contributed by atoms with Crippen molar-refractivity contribution in [2.75, 3.05) is 13.1 Å². The largest absolute Gasteiger partial charge is 0.404 e. The zero-order chi connectivity index (χ0) is 18.6. The van der Waals surface area contributed by atoms with Gasteiger partial charge in [0.1, 0.15) is 0 Å². The Kier molecular flexibility index (Phi) is 4.53. The maximum absolute atomic E-state index is 13.2. The zero-order valence-corrected chi connectivity index (χ0v) is 13.7. The summed E-state index contributed by atoms with van der Waals surface area (Å²) >= 11 is 0. The maximum Gasteiger partial charge on any atom is 0.404 e. The Morgan fingerprint density at radius 3 is 1.96 bits per heavy atom. The third kappa shape index (κ3) is 3.02. The average Bonchev–Trinajstić information content (AvgIpc) is 2.92. The Morgan fingerprint density at radius 2 is 1.52 bits per heavy atom. The molecular formula is C16H22F6N2O. The monoisotopic (exact) mass is 372 g/mol. The van der Waals surface area contributed by atoms with Gasteiger partial charge in [0.2, 0.25) is 5.91 Å². The third-order valence-corrected chi connectivity index (χ3v) is 6.43. The lowest BCUT2D eigenvalue weighted by molar-refractivity contribution is -0.334. The van der Waals surface area contributed by atoms with E-state index < -0.39 is 49.1 Å². The first-order chi connectivity index (χ1) is 11.5. The molecule has 9 heteroatoms. The second kappa shape index (κ2) is 6.03. The quantitative estimate of drug-likeness (QED) is 0.717. The molecule has 1 saturated heterocycles. The van der Waals surface area contributed by atoms with Crippen LogP contribution >= 0.6 is 0 Å². The Morgan fingerprint density at radius 1 is 1.00 bits per heavy atom. The van der Waals surface area contributed by atoms with Crippen molar-refractivity contribution in [3.05, 3.63) is 0 Å². The first-order valence-electron chi connectivity index (χ1n) is 8.64. The minimum absolute atomic E-state index is 0.0131. The number of carbonyl (C=O) groups excluding carboxylic acids is 1. The summed E-state index contributed by atoms with van der Waals surface area (Å²) in [6, 6.07) is -0.0131. The van der Waals surface area contributed by atoms with Crippen molar-refractivity contribution in [1.82, 2.24) is 4.90 Å². The Hall–Kier alpha value is -0.990. The summed E-state index contributed by atoms with van der Waals surface area (Å²) < 4.78 is 78.9. The van der Waals surface area contributed by atoms with E-state index >= 15 is 0 Å². The molecule has 2 atom stereocenters. The van der Waals surface area contributed by atoms with Crippen LogP contribution in [0.15, 0.2) is 0 Å². The van der Waals surface area contributed by atoms with Gasteiger partial charge < -0.3 is 10.6 Å². The molecule has 1 heterocycles. The van der Waals surface area contributed by atoms with E-state index in [1.165, 1.54) is 0 Å². The van der Waals surface area contributed by atoms with Crippen LogP contribution in [0.3, 0.4) is 0 Å². The highest BCUT2D eigenvalue weighted by atomic mass is 19.4. The summed E-state index contributed by atoms with van der Waals surface area (Å²) in [6.45, 7) is -1.83. The predicted molar refractivity (Wildman–Crippen MR) is 77.3 cm³/mol. The number of hydrogen-bond donors (Lipinski definition) is 1. The van der Waals surface area contributed by atoms with E-state index in [4.69, 9.17) is 5.73 Å². The van der Waals surface area contributed by atoms with E-state index in [9.17, 15) is 31.1 Å². The van der Waals surface area contributed by atoms with Gasteiger partial charge in [0.15, 0.2) is 5.41 Å². The van der Waals surface area contributed by atoms with Crippen LogP contribution in [0.2, 0.25) is 0 Å². The molecule has 0 aromatic rings. The predicted octanol–water partition coefficient (Wildman–Crippen LogP) is 3.48. The molecule has 144 valence electrons. The molecule has 2 unspecified atom stereocenters. The number of halogens is 6. The zero-order valence-electron chi connectivity index (χ0n) is 13.7. The van der Waals surface area contributed by atoms with E-state index in [0.717, 1.165) is 24.2 Å². The van der Waals surface area contributed by atoms with Gasteiger partial charge in [-0.2, -0.15) is 26.3 Å². The molecule has 0 aromatic carbocycles. The van der Waals surface area contributed by atoms with Crippen LogP contribution in [0.25, 0.3) is 0 Å². The van der Waals surface area contributed by atoms with Crippen LogP contribution in [0, 0.1) is 23.2 Å². The van der Waals surface area contributed by atoms with Crippen LogP contribution in [-0.4, -0.2) is 42.3 Å². The van der Waals surface area contributed by atoms with Crippen molar-refractivity contribution >= 4 is 5.91 Å². The lowest BCUT2D eigenvalue weighted by atomic mass is 9.65. The summed E-state index contributed by atoms with van der Waals surface area (Å²) in [4.78, 5) is 13.4. The maximum atomic E-state index is 13.2. The first kappa shape index (κ1) is 18.8. The molecule has 25 heavy (non-hydrogen) atoms. The molecule has 2 bridgehead atoms. The van der Waals surface area contributed by atoms with Crippen molar-refractivity contribution in [2.45, 2.75) is 56.9 Å². The van der Waals surface area contributed by atoms with Crippen molar-refractivity contribution in [2.24, 2.45) is 28.9 Å². The van der Waals surface area contributed by atoms with Crippen LogP contribution < -0.4 is 5.73 Å². The summed E-state index contributed by atoms with van der Waals surface area (Å²) in [5, 5.41) is 0. The van der Waals surface area contributed by atoms with Gasteiger partial charge in [-0.15, -0.1) is 0 Å². The van der Waals surface area contributed by atoms with E-state index in [0.29, 0.717) is 12.8 Å². The fraction of sp³-hybridized carbons (Fsp3) is 0.938. The summed E-state index contributed by atoms with van der Waals surface area (Å²) in [5.74, 6) is -0.801. The number of hydrogen-bond acceptors (Lipinski definition) is 2. The fourth-order valence-corrected chi connectivity index (χ4v) is 4.87. The van der Waals surface area contributed by atoms with Crippen molar-refractivity contribution in [3.8, 4) is 0 Å². The SMILES string of the molecule is NC1C2CCCC1CC(C(=O)N1CCC(C(F)(F)F)(C(F)(F)F)C1)C2. The molecule has 3 fully saturated rings. The third-order valence-electron chi connectivity index (χ3n) is 6.43. The topological polar surface area (TPSA) is 46.3 Å². The van der Waals surface area contributed by atoms with Gasteiger partial charge in [-0.3, -0.25) is 4.79 Å². The normalized spacial score (nSPS) is 35.7.